The van der Waals surface area contributed by atoms with E-state index >= 15 is 0 Å². The molecule has 0 aromatic heterocycles. The van der Waals surface area contributed by atoms with Crippen molar-refractivity contribution in [1.82, 2.24) is 5.32 Å². The normalized spacial score (nSPS) is 14.7. The van der Waals surface area contributed by atoms with Crippen LogP contribution < -0.4 is 5.32 Å². The Hall–Kier alpha value is -0.190. The maximum atomic E-state index is 12.0. The number of benzene rings is 1. The molecule has 1 N–H and O–H groups in total. The molecule has 16 heavy (non-hydrogen) atoms. The number of hydrogen-bond acceptors (Lipinski definition) is 2. The lowest BCUT2D eigenvalue weighted by Crippen LogP contribution is -2.31. The Bertz CT molecular complexity index is 357. The van der Waals surface area contributed by atoms with Crippen molar-refractivity contribution >= 4 is 26.7 Å². The molecule has 1 rings (SSSR count). The molecule has 0 saturated heterocycles. The van der Waals surface area contributed by atoms with E-state index in [-0.39, 0.29) is 0 Å². The second kappa shape index (κ2) is 7.20. The fourth-order valence-corrected chi connectivity index (χ4v) is 3.19. The third kappa shape index (κ3) is 4.76. The quantitative estimate of drug-likeness (QED) is 0.875. The van der Waals surface area contributed by atoms with Crippen LogP contribution in [-0.2, 0) is 10.8 Å². The van der Waals surface area contributed by atoms with Crippen LogP contribution >= 0.6 is 15.9 Å². The van der Waals surface area contributed by atoms with E-state index < -0.39 is 10.8 Å². The highest BCUT2D eigenvalue weighted by molar-refractivity contribution is 9.10. The highest BCUT2D eigenvalue weighted by Crippen LogP contribution is 2.15. The molecular formula is C12H18BrNOS. The SMILES string of the molecule is CCCNC(C)CS(=O)c1cccc(Br)c1. The van der Waals surface area contributed by atoms with Gasteiger partial charge in [-0.25, -0.2) is 0 Å². The van der Waals surface area contributed by atoms with Crippen molar-refractivity contribution in [3.05, 3.63) is 28.7 Å². The van der Waals surface area contributed by atoms with Gasteiger partial charge in [0.1, 0.15) is 0 Å². The summed E-state index contributed by atoms with van der Waals surface area (Å²) < 4.78 is 13.0. The molecule has 0 bridgehead atoms. The molecular weight excluding hydrogens is 286 g/mol. The maximum Gasteiger partial charge on any atom is 0.0545 e. The van der Waals surface area contributed by atoms with Gasteiger partial charge in [-0.1, -0.05) is 28.9 Å². The molecule has 90 valence electrons. The molecule has 0 heterocycles. The van der Waals surface area contributed by atoms with E-state index in [2.05, 4.69) is 35.1 Å². The van der Waals surface area contributed by atoms with Crippen molar-refractivity contribution in [3.63, 3.8) is 0 Å². The Kier molecular flexibility index (Phi) is 6.24. The van der Waals surface area contributed by atoms with Crippen LogP contribution in [0, 0.1) is 0 Å². The molecule has 0 fully saturated rings. The van der Waals surface area contributed by atoms with Crippen LogP contribution in [0.5, 0.6) is 0 Å². The summed E-state index contributed by atoms with van der Waals surface area (Å²) in [6, 6.07) is 7.98. The standard InChI is InChI=1S/C12H18BrNOS/c1-3-7-14-10(2)9-16(15)12-6-4-5-11(13)8-12/h4-6,8,10,14H,3,7,9H2,1-2H3. The van der Waals surface area contributed by atoms with Crippen molar-refractivity contribution in [2.45, 2.75) is 31.2 Å². The van der Waals surface area contributed by atoms with Crippen LogP contribution in [-0.4, -0.2) is 22.5 Å². The Labute approximate surface area is 108 Å². The van der Waals surface area contributed by atoms with Crippen LogP contribution in [0.4, 0.5) is 0 Å². The van der Waals surface area contributed by atoms with E-state index in [1.807, 2.05) is 24.3 Å². The third-order valence-electron chi connectivity index (χ3n) is 2.20. The molecule has 0 spiro atoms. The highest BCUT2D eigenvalue weighted by atomic mass is 79.9. The summed E-state index contributed by atoms with van der Waals surface area (Å²) >= 11 is 3.39. The Morgan fingerprint density at radius 2 is 2.25 bits per heavy atom. The molecule has 0 saturated carbocycles. The van der Waals surface area contributed by atoms with Crippen LogP contribution in [0.25, 0.3) is 0 Å². The number of halogens is 1. The smallest absolute Gasteiger partial charge is 0.0545 e. The lowest BCUT2D eigenvalue weighted by molar-refractivity contribution is 0.582. The molecule has 2 nitrogen and oxygen atoms in total. The maximum absolute atomic E-state index is 12.0. The Morgan fingerprint density at radius 1 is 1.50 bits per heavy atom. The average molecular weight is 304 g/mol. The molecule has 2 unspecified atom stereocenters. The summed E-state index contributed by atoms with van der Waals surface area (Å²) in [5.74, 6) is 0.663. The van der Waals surface area contributed by atoms with E-state index in [0.29, 0.717) is 11.8 Å². The van der Waals surface area contributed by atoms with E-state index in [1.165, 1.54) is 0 Å². The first-order valence-corrected chi connectivity index (χ1v) is 7.62. The molecule has 4 heteroatoms. The zero-order chi connectivity index (χ0) is 12.0. The molecule has 0 aliphatic heterocycles. The fraction of sp³-hybridized carbons (Fsp3) is 0.500. The largest absolute Gasteiger partial charge is 0.313 e. The second-order valence-electron chi connectivity index (χ2n) is 3.82. The first-order chi connectivity index (χ1) is 7.63. The van der Waals surface area contributed by atoms with Gasteiger partial charge in [0.15, 0.2) is 0 Å². The minimum atomic E-state index is -0.920. The van der Waals surface area contributed by atoms with Gasteiger partial charge in [0, 0.05) is 21.2 Å². The molecule has 0 aliphatic rings. The van der Waals surface area contributed by atoms with Crippen molar-refractivity contribution in [2.75, 3.05) is 12.3 Å². The predicted molar refractivity (Wildman–Crippen MR) is 73.2 cm³/mol. The molecule has 0 radical (unpaired) electrons. The van der Waals surface area contributed by atoms with E-state index in [9.17, 15) is 4.21 Å². The summed E-state index contributed by atoms with van der Waals surface area (Å²) in [7, 11) is -0.920. The summed E-state index contributed by atoms with van der Waals surface area (Å²) in [6.07, 6.45) is 1.11. The monoisotopic (exact) mass is 303 g/mol. The van der Waals surface area contributed by atoms with Gasteiger partial charge in [-0.15, -0.1) is 0 Å². The zero-order valence-electron chi connectivity index (χ0n) is 9.70. The van der Waals surface area contributed by atoms with Crippen LogP contribution in [0.3, 0.4) is 0 Å². The first kappa shape index (κ1) is 13.9. The number of nitrogens with one attached hydrogen (secondary N) is 1. The van der Waals surface area contributed by atoms with Gasteiger partial charge in [-0.05, 0) is 38.1 Å². The van der Waals surface area contributed by atoms with Crippen molar-refractivity contribution in [2.24, 2.45) is 0 Å². The molecule has 2 atom stereocenters. The lowest BCUT2D eigenvalue weighted by Gasteiger charge is -2.12. The van der Waals surface area contributed by atoms with E-state index in [1.54, 1.807) is 0 Å². The van der Waals surface area contributed by atoms with Gasteiger partial charge < -0.3 is 5.32 Å². The van der Waals surface area contributed by atoms with Crippen LogP contribution in [0.2, 0.25) is 0 Å². The van der Waals surface area contributed by atoms with E-state index in [0.717, 1.165) is 22.3 Å². The van der Waals surface area contributed by atoms with E-state index in [4.69, 9.17) is 0 Å². The van der Waals surface area contributed by atoms with Gasteiger partial charge in [-0.3, -0.25) is 4.21 Å². The van der Waals surface area contributed by atoms with Gasteiger partial charge >= 0.3 is 0 Å². The van der Waals surface area contributed by atoms with Crippen molar-refractivity contribution < 1.29 is 4.21 Å². The van der Waals surface area contributed by atoms with Crippen LogP contribution in [0.15, 0.2) is 33.6 Å². The summed E-state index contributed by atoms with van der Waals surface area (Å²) in [5.41, 5.74) is 0. The number of hydrogen-bond donors (Lipinski definition) is 1. The molecule has 1 aromatic rings. The first-order valence-electron chi connectivity index (χ1n) is 5.50. The van der Waals surface area contributed by atoms with Gasteiger partial charge in [0.25, 0.3) is 0 Å². The van der Waals surface area contributed by atoms with Gasteiger partial charge in [0.05, 0.1) is 10.8 Å². The van der Waals surface area contributed by atoms with Gasteiger partial charge in [-0.2, -0.15) is 0 Å². The summed E-state index contributed by atoms with van der Waals surface area (Å²) in [4.78, 5) is 0.888. The summed E-state index contributed by atoms with van der Waals surface area (Å²) in [5, 5.41) is 3.34. The average Bonchev–Trinajstić information content (AvgIpc) is 2.26. The van der Waals surface area contributed by atoms with Crippen molar-refractivity contribution in [3.8, 4) is 0 Å². The summed E-state index contributed by atoms with van der Waals surface area (Å²) in [6.45, 7) is 5.19. The van der Waals surface area contributed by atoms with Crippen LogP contribution in [0.1, 0.15) is 20.3 Å². The highest BCUT2D eigenvalue weighted by Gasteiger charge is 2.09. The second-order valence-corrected chi connectivity index (χ2v) is 6.24. The number of rotatable bonds is 6. The lowest BCUT2D eigenvalue weighted by atomic mass is 10.3. The molecule has 0 aliphatic carbocycles. The molecule has 1 aromatic carbocycles. The minimum Gasteiger partial charge on any atom is -0.313 e. The van der Waals surface area contributed by atoms with Gasteiger partial charge in [0.2, 0.25) is 0 Å². The predicted octanol–water partition coefficient (Wildman–Crippen LogP) is 2.94. The van der Waals surface area contributed by atoms with Crippen molar-refractivity contribution in [1.29, 1.82) is 0 Å². The zero-order valence-corrected chi connectivity index (χ0v) is 12.1. The Balaban J connectivity index is 2.52. The Morgan fingerprint density at radius 3 is 2.88 bits per heavy atom. The minimum absolute atomic E-state index is 0.291. The molecule has 0 amide bonds. The topological polar surface area (TPSA) is 29.1 Å². The third-order valence-corrected chi connectivity index (χ3v) is 4.28. The fourth-order valence-electron chi connectivity index (χ4n) is 1.38.